The van der Waals surface area contributed by atoms with Crippen molar-refractivity contribution in [1.29, 1.82) is 0 Å². The highest BCUT2D eigenvalue weighted by atomic mass is 32.2. The third-order valence-electron chi connectivity index (χ3n) is 3.24. The van der Waals surface area contributed by atoms with Gasteiger partial charge in [0.25, 0.3) is 0 Å². The lowest BCUT2D eigenvalue weighted by Gasteiger charge is -2.39. The van der Waals surface area contributed by atoms with Crippen LogP contribution in [0.4, 0.5) is 0 Å². The predicted molar refractivity (Wildman–Crippen MR) is 61.9 cm³/mol. The van der Waals surface area contributed by atoms with E-state index >= 15 is 0 Å². The van der Waals surface area contributed by atoms with Crippen LogP contribution in [0.2, 0.25) is 0 Å². The Morgan fingerprint density at radius 3 is 2.86 bits per heavy atom. The summed E-state index contributed by atoms with van der Waals surface area (Å²) < 4.78 is 5.90. The molecule has 14 heavy (non-hydrogen) atoms. The van der Waals surface area contributed by atoms with Crippen molar-refractivity contribution < 1.29 is 4.74 Å². The van der Waals surface area contributed by atoms with Gasteiger partial charge in [0.2, 0.25) is 0 Å². The maximum absolute atomic E-state index is 5.90. The van der Waals surface area contributed by atoms with Crippen LogP contribution in [-0.2, 0) is 4.74 Å². The van der Waals surface area contributed by atoms with Gasteiger partial charge in [-0.2, -0.15) is 11.8 Å². The van der Waals surface area contributed by atoms with Crippen LogP contribution in [0, 0.1) is 0 Å². The highest BCUT2D eigenvalue weighted by molar-refractivity contribution is 8.00. The van der Waals surface area contributed by atoms with Gasteiger partial charge in [0, 0.05) is 16.5 Å². The molecule has 2 saturated heterocycles. The first-order valence-corrected chi connectivity index (χ1v) is 6.65. The maximum atomic E-state index is 5.90. The van der Waals surface area contributed by atoms with Crippen molar-refractivity contribution in [2.75, 3.05) is 6.54 Å². The molecule has 5 unspecified atom stereocenters. The minimum Gasteiger partial charge on any atom is -0.374 e. The fourth-order valence-corrected chi connectivity index (χ4v) is 4.00. The number of rotatable bonds is 0. The fourth-order valence-electron chi connectivity index (χ4n) is 2.53. The normalized spacial score (nSPS) is 49.5. The summed E-state index contributed by atoms with van der Waals surface area (Å²) >= 11 is 2.11. The molecule has 2 aliphatic rings. The van der Waals surface area contributed by atoms with E-state index in [1.54, 1.807) is 0 Å². The second-order valence-electron chi connectivity index (χ2n) is 4.65. The van der Waals surface area contributed by atoms with E-state index in [0.29, 0.717) is 23.5 Å². The number of ether oxygens (including phenoxy) is 1. The van der Waals surface area contributed by atoms with Crippen LogP contribution in [0.3, 0.4) is 0 Å². The molecule has 0 aromatic carbocycles. The number of fused-ring (bicyclic) bond motifs is 1. The van der Waals surface area contributed by atoms with E-state index < -0.39 is 0 Å². The van der Waals surface area contributed by atoms with Gasteiger partial charge in [-0.1, -0.05) is 6.92 Å². The minimum absolute atomic E-state index is 0.404. The maximum Gasteiger partial charge on any atom is 0.0684 e. The average Bonchev–Trinajstić information content (AvgIpc) is 2.27. The molecule has 5 atom stereocenters. The van der Waals surface area contributed by atoms with E-state index in [9.17, 15) is 0 Å². The molecule has 82 valence electrons. The standard InChI is InChI=1S/C11H21NOS/c1-7-6-10-11(9(3)13-7)14-8(2)4-5-12-10/h7-12H,4-6H2,1-3H3. The number of hydrogen-bond acceptors (Lipinski definition) is 3. The third-order valence-corrected chi connectivity index (χ3v) is 4.97. The third kappa shape index (κ3) is 2.26. The Balaban J connectivity index is 2.05. The van der Waals surface area contributed by atoms with Crippen molar-refractivity contribution in [3.8, 4) is 0 Å². The molecule has 0 aliphatic carbocycles. The molecule has 3 heteroatoms. The molecule has 2 rings (SSSR count). The van der Waals surface area contributed by atoms with Crippen LogP contribution in [0.15, 0.2) is 0 Å². The Morgan fingerprint density at radius 1 is 1.29 bits per heavy atom. The summed E-state index contributed by atoms with van der Waals surface area (Å²) in [6, 6.07) is 0.670. The summed E-state index contributed by atoms with van der Waals surface area (Å²) in [6.07, 6.45) is 3.29. The molecule has 0 aromatic rings. The van der Waals surface area contributed by atoms with E-state index in [-0.39, 0.29) is 0 Å². The van der Waals surface area contributed by atoms with E-state index in [1.807, 2.05) is 0 Å². The highest BCUT2D eigenvalue weighted by Crippen LogP contribution is 2.34. The molecule has 0 radical (unpaired) electrons. The van der Waals surface area contributed by atoms with Crippen LogP contribution < -0.4 is 5.32 Å². The molecule has 0 amide bonds. The second kappa shape index (κ2) is 4.42. The van der Waals surface area contributed by atoms with Crippen molar-refractivity contribution in [3.05, 3.63) is 0 Å². The highest BCUT2D eigenvalue weighted by Gasteiger charge is 2.37. The van der Waals surface area contributed by atoms with Crippen molar-refractivity contribution in [3.63, 3.8) is 0 Å². The second-order valence-corrected chi connectivity index (χ2v) is 6.27. The SMILES string of the molecule is CC1CC2NCCC(C)SC2C(C)O1. The summed E-state index contributed by atoms with van der Waals surface area (Å²) in [5.74, 6) is 0. The Morgan fingerprint density at radius 2 is 2.07 bits per heavy atom. The van der Waals surface area contributed by atoms with Crippen molar-refractivity contribution in [2.24, 2.45) is 0 Å². The fraction of sp³-hybridized carbons (Fsp3) is 1.00. The first-order chi connectivity index (χ1) is 6.66. The number of nitrogens with one attached hydrogen (secondary N) is 1. The van der Waals surface area contributed by atoms with E-state index in [4.69, 9.17) is 4.74 Å². The van der Waals surface area contributed by atoms with Crippen molar-refractivity contribution >= 4 is 11.8 Å². The molecule has 1 N–H and O–H groups in total. The van der Waals surface area contributed by atoms with Gasteiger partial charge in [-0.15, -0.1) is 0 Å². The molecule has 0 saturated carbocycles. The van der Waals surface area contributed by atoms with Gasteiger partial charge in [0.15, 0.2) is 0 Å². The average molecular weight is 215 g/mol. The zero-order valence-corrected chi connectivity index (χ0v) is 10.1. The van der Waals surface area contributed by atoms with Gasteiger partial charge in [0.1, 0.15) is 0 Å². The Kier molecular flexibility index (Phi) is 3.40. The summed E-state index contributed by atoms with van der Waals surface area (Å²) in [5.41, 5.74) is 0. The van der Waals surface area contributed by atoms with Crippen LogP contribution >= 0.6 is 11.8 Å². The zero-order chi connectivity index (χ0) is 10.1. The van der Waals surface area contributed by atoms with Crippen molar-refractivity contribution in [1.82, 2.24) is 5.32 Å². The lowest BCUT2D eigenvalue weighted by atomic mass is 9.99. The van der Waals surface area contributed by atoms with Gasteiger partial charge in [-0.05, 0) is 33.2 Å². The molecule has 2 nitrogen and oxygen atoms in total. The molecular weight excluding hydrogens is 194 g/mol. The first-order valence-electron chi connectivity index (χ1n) is 5.71. The number of thioether (sulfide) groups is 1. The molecular formula is C11H21NOS. The first kappa shape index (κ1) is 10.8. The zero-order valence-electron chi connectivity index (χ0n) is 9.32. The van der Waals surface area contributed by atoms with Gasteiger partial charge >= 0.3 is 0 Å². The Bertz CT molecular complexity index is 200. The lowest BCUT2D eigenvalue weighted by molar-refractivity contribution is -0.0366. The monoisotopic (exact) mass is 215 g/mol. The van der Waals surface area contributed by atoms with Crippen LogP contribution in [-0.4, -0.2) is 35.3 Å². The summed E-state index contributed by atoms with van der Waals surface area (Å²) in [7, 11) is 0. The molecule has 2 aliphatic heterocycles. The Labute approximate surface area is 91.2 Å². The van der Waals surface area contributed by atoms with E-state index in [0.717, 1.165) is 5.25 Å². The van der Waals surface area contributed by atoms with Crippen LogP contribution in [0.25, 0.3) is 0 Å². The smallest absolute Gasteiger partial charge is 0.0684 e. The largest absolute Gasteiger partial charge is 0.374 e. The van der Waals surface area contributed by atoms with E-state index in [1.165, 1.54) is 19.4 Å². The van der Waals surface area contributed by atoms with Crippen LogP contribution in [0.5, 0.6) is 0 Å². The molecule has 0 spiro atoms. The summed E-state index contributed by atoms with van der Waals surface area (Å²) in [4.78, 5) is 0. The summed E-state index contributed by atoms with van der Waals surface area (Å²) in [6.45, 7) is 7.92. The molecule has 0 aromatic heterocycles. The topological polar surface area (TPSA) is 21.3 Å². The van der Waals surface area contributed by atoms with Gasteiger partial charge in [0.05, 0.1) is 12.2 Å². The summed E-state index contributed by atoms with van der Waals surface area (Å²) in [5, 5.41) is 5.11. The number of hydrogen-bond donors (Lipinski definition) is 1. The van der Waals surface area contributed by atoms with Gasteiger partial charge in [-0.25, -0.2) is 0 Å². The molecule has 2 fully saturated rings. The van der Waals surface area contributed by atoms with Gasteiger partial charge in [-0.3, -0.25) is 0 Å². The van der Waals surface area contributed by atoms with Crippen LogP contribution in [0.1, 0.15) is 33.6 Å². The predicted octanol–water partition coefficient (Wildman–Crippen LogP) is 2.04. The molecule has 0 bridgehead atoms. The minimum atomic E-state index is 0.404. The lowest BCUT2D eigenvalue weighted by Crippen LogP contribution is -2.50. The molecule has 2 heterocycles. The van der Waals surface area contributed by atoms with Crippen molar-refractivity contribution in [2.45, 2.75) is 62.4 Å². The quantitative estimate of drug-likeness (QED) is 0.668. The van der Waals surface area contributed by atoms with E-state index in [2.05, 4.69) is 37.8 Å². The Hall–Kier alpha value is 0.270. The van der Waals surface area contributed by atoms with Gasteiger partial charge < -0.3 is 10.1 Å².